The van der Waals surface area contributed by atoms with Crippen LogP contribution in [-0.4, -0.2) is 18.9 Å². The molecule has 0 bridgehead atoms. The molecule has 43 heavy (non-hydrogen) atoms. The molecule has 12 nitrogen and oxygen atoms in total. The molecule has 0 unspecified atom stereocenters. The summed E-state index contributed by atoms with van der Waals surface area (Å²) in [4.78, 5) is 108. The molecule has 0 radical (unpaired) electrons. The molecule has 0 aliphatic carbocycles. The molecule has 0 fully saturated rings. The van der Waals surface area contributed by atoms with Gasteiger partial charge in [-0.15, -0.1) is 0 Å². The Labute approximate surface area is 240 Å². The van der Waals surface area contributed by atoms with Gasteiger partial charge in [-0.1, -0.05) is 30.3 Å². The molecular formula is C30H15ClN4O8. The molecule has 0 aliphatic heterocycles. The molecule has 13 heteroatoms. The highest BCUT2D eigenvalue weighted by Crippen LogP contribution is 2.28. The van der Waals surface area contributed by atoms with Crippen molar-refractivity contribution in [3.05, 3.63) is 141 Å². The number of nitrogens with one attached hydrogen (secondary N) is 1. The third kappa shape index (κ3) is 3.09. The van der Waals surface area contributed by atoms with Gasteiger partial charge in [0, 0.05) is 10.6 Å². The highest BCUT2D eigenvalue weighted by atomic mass is 35.5. The van der Waals surface area contributed by atoms with Gasteiger partial charge >= 0.3 is 0 Å². The van der Waals surface area contributed by atoms with Crippen LogP contribution in [0.2, 0.25) is 5.02 Å². The second-order valence-corrected chi connectivity index (χ2v) is 10.6. The van der Waals surface area contributed by atoms with Crippen LogP contribution in [0.4, 0.5) is 0 Å². The zero-order chi connectivity index (χ0) is 30.8. The smallest absolute Gasteiger partial charge is 0.281 e. The molecule has 1 N–H and O–H groups in total. The molecular weight excluding hydrogens is 580 g/mol. The Morgan fingerprint density at radius 3 is 1.72 bits per heavy atom. The summed E-state index contributed by atoms with van der Waals surface area (Å²) in [7, 11) is 0. The van der Waals surface area contributed by atoms with E-state index in [1.165, 1.54) is 13.0 Å². The zero-order valence-corrected chi connectivity index (χ0v) is 22.9. The van der Waals surface area contributed by atoms with E-state index in [0.717, 1.165) is 22.8 Å². The van der Waals surface area contributed by atoms with Crippen molar-refractivity contribution in [1.82, 2.24) is 18.9 Å². The average molecular weight is 595 g/mol. The Kier molecular flexibility index (Phi) is 5.11. The van der Waals surface area contributed by atoms with Crippen molar-refractivity contribution in [3.63, 3.8) is 0 Å². The van der Waals surface area contributed by atoms with Crippen LogP contribution in [-0.2, 0) is 0 Å². The van der Waals surface area contributed by atoms with Gasteiger partial charge in [-0.25, -0.2) is 4.57 Å². The molecule has 7 rings (SSSR count). The van der Waals surface area contributed by atoms with Crippen molar-refractivity contribution >= 4 is 60.8 Å². The first-order chi connectivity index (χ1) is 20.4. The maximum Gasteiger partial charge on any atom is 0.281 e. The number of benzene rings is 3. The average Bonchev–Trinajstić information content (AvgIpc) is 3.58. The van der Waals surface area contributed by atoms with E-state index in [0.29, 0.717) is 14.9 Å². The third-order valence-electron chi connectivity index (χ3n) is 7.97. The lowest BCUT2D eigenvalue weighted by molar-refractivity contribution is 0.594. The normalized spacial score (nSPS) is 12.0. The third-order valence-corrected chi connectivity index (χ3v) is 8.21. The van der Waals surface area contributed by atoms with E-state index in [4.69, 9.17) is 11.6 Å². The Morgan fingerprint density at radius 2 is 1.14 bits per heavy atom. The minimum absolute atomic E-state index is 0.00478. The van der Waals surface area contributed by atoms with Crippen molar-refractivity contribution in [3.8, 4) is 5.69 Å². The Bertz CT molecular complexity index is 2830. The van der Waals surface area contributed by atoms with Crippen molar-refractivity contribution in [2.75, 3.05) is 0 Å². The minimum atomic E-state index is -1.10. The van der Waals surface area contributed by atoms with Crippen LogP contribution in [0.1, 0.15) is 16.7 Å². The molecule has 0 saturated heterocycles. The minimum Gasteiger partial charge on any atom is -0.288 e. The maximum atomic E-state index is 13.9. The largest absolute Gasteiger partial charge is 0.288 e. The first-order valence-corrected chi connectivity index (χ1v) is 13.1. The molecule has 4 heterocycles. The molecule has 3 aromatic carbocycles. The highest BCUT2D eigenvalue weighted by Gasteiger charge is 2.29. The van der Waals surface area contributed by atoms with Crippen LogP contribution >= 0.6 is 11.6 Å². The summed E-state index contributed by atoms with van der Waals surface area (Å²) < 4.78 is 1.58. The van der Waals surface area contributed by atoms with E-state index in [1.54, 1.807) is 19.1 Å². The number of fused-ring (bicyclic) bond motifs is 4. The number of rotatable bonds is 3. The van der Waals surface area contributed by atoms with Crippen molar-refractivity contribution in [2.24, 2.45) is 0 Å². The molecule has 210 valence electrons. The fourth-order valence-electron chi connectivity index (χ4n) is 5.99. The molecule has 0 spiro atoms. The number of H-pyrrole nitrogens is 1. The van der Waals surface area contributed by atoms with Gasteiger partial charge in [0.05, 0.1) is 48.8 Å². The number of hydrogen-bond donors (Lipinski definition) is 1. The number of aromatic nitrogens is 4. The summed E-state index contributed by atoms with van der Waals surface area (Å²) in [5, 5.41) is -1.45. The van der Waals surface area contributed by atoms with Crippen molar-refractivity contribution in [1.29, 1.82) is 0 Å². The van der Waals surface area contributed by atoms with E-state index in [1.807, 2.05) is 0 Å². The summed E-state index contributed by atoms with van der Waals surface area (Å²) in [6.45, 7) is 6.76. The van der Waals surface area contributed by atoms with Gasteiger partial charge in [0.2, 0.25) is 0 Å². The molecule has 0 atom stereocenters. The van der Waals surface area contributed by atoms with Crippen molar-refractivity contribution in [2.45, 2.75) is 13.8 Å². The Hall–Kier alpha value is -5.75. The molecule has 0 saturated carbocycles. The van der Waals surface area contributed by atoms with Crippen LogP contribution in [0.15, 0.2) is 75.3 Å². The number of halogens is 1. The first-order valence-electron chi connectivity index (χ1n) is 12.7. The molecule has 4 aromatic heterocycles. The van der Waals surface area contributed by atoms with Gasteiger partial charge in [-0.2, -0.15) is 9.35 Å². The van der Waals surface area contributed by atoms with E-state index in [-0.39, 0.29) is 64.9 Å². The quantitative estimate of drug-likeness (QED) is 0.314. The zero-order valence-electron chi connectivity index (χ0n) is 22.2. The molecule has 7 aromatic rings. The monoisotopic (exact) mass is 594 g/mol. The van der Waals surface area contributed by atoms with Crippen molar-refractivity contribution < 1.29 is 0 Å². The molecule has 0 aliphatic rings. The van der Waals surface area contributed by atoms with Gasteiger partial charge < -0.3 is 0 Å². The number of aromatic amines is 1. The maximum absolute atomic E-state index is 13.9. The van der Waals surface area contributed by atoms with Crippen LogP contribution in [0.25, 0.3) is 54.9 Å². The van der Waals surface area contributed by atoms with Crippen LogP contribution in [0.3, 0.4) is 0 Å². The van der Waals surface area contributed by atoms with E-state index < -0.39 is 44.5 Å². The highest BCUT2D eigenvalue weighted by molar-refractivity contribution is 6.30. The fraction of sp³-hybridized carbons (Fsp3) is 0.0667. The lowest BCUT2D eigenvalue weighted by atomic mass is 9.97. The van der Waals surface area contributed by atoms with Crippen LogP contribution in [0, 0.1) is 13.8 Å². The standard InChI is InChI=1S/C30H15ClN4O8/c1-4-13-21-19(27(40)33(28(21)41)18-7-12(31)6-5-10(18)2)11(3)20-22(13)30(43)35(29(20)42)34-25(38)16-8-14-15(9-17(16)26(34)39)24(37)32-23(14)36/h4-9H,1H2,2-3H3,(H,32,36,37). The van der Waals surface area contributed by atoms with Gasteiger partial charge in [0.15, 0.2) is 0 Å². The SMILES string of the molecule is C=Cc1c2c(=O)n(-c3cc(Cl)ccc3C)c(=O)c2c(C)c2c(=O)n(-n3c(=O)c4cc5c(=O)[nH]c(=O)c5cc4c3=O)c(=O)c12. The number of hydrogen-bond acceptors (Lipinski definition) is 8. The topological polar surface area (TPSA) is 167 Å². The second-order valence-electron chi connectivity index (χ2n) is 10.2. The Balaban J connectivity index is 1.65. The predicted octanol–water partition coefficient (Wildman–Crippen LogP) is 0.879. The lowest BCUT2D eigenvalue weighted by Crippen LogP contribution is -2.43. The molecule has 0 amide bonds. The van der Waals surface area contributed by atoms with Gasteiger partial charge in [-0.3, -0.25) is 43.3 Å². The van der Waals surface area contributed by atoms with E-state index in [2.05, 4.69) is 11.6 Å². The second kappa shape index (κ2) is 8.39. The first kappa shape index (κ1) is 26.2. The Morgan fingerprint density at radius 1 is 0.651 bits per heavy atom. The van der Waals surface area contributed by atoms with E-state index >= 15 is 0 Å². The summed E-state index contributed by atoms with van der Waals surface area (Å²) in [6.07, 6.45) is 1.16. The summed E-state index contributed by atoms with van der Waals surface area (Å²) in [6, 6.07) is 6.79. The summed E-state index contributed by atoms with van der Waals surface area (Å²) in [5.41, 5.74) is -6.74. The van der Waals surface area contributed by atoms with Crippen LogP contribution < -0.4 is 44.5 Å². The van der Waals surface area contributed by atoms with Gasteiger partial charge in [0.1, 0.15) is 0 Å². The predicted molar refractivity (Wildman–Crippen MR) is 163 cm³/mol. The van der Waals surface area contributed by atoms with E-state index in [9.17, 15) is 38.4 Å². The summed E-state index contributed by atoms with van der Waals surface area (Å²) >= 11 is 6.13. The number of nitrogens with zero attached hydrogens (tertiary/aromatic N) is 3. The number of aryl methyl sites for hydroxylation is 2. The fourth-order valence-corrected chi connectivity index (χ4v) is 6.16. The van der Waals surface area contributed by atoms with Crippen LogP contribution in [0.5, 0.6) is 0 Å². The van der Waals surface area contributed by atoms with Gasteiger partial charge in [-0.05, 0) is 49.2 Å². The lowest BCUT2D eigenvalue weighted by Gasteiger charge is -2.05. The van der Waals surface area contributed by atoms with Gasteiger partial charge in [0.25, 0.3) is 44.5 Å². The summed E-state index contributed by atoms with van der Waals surface area (Å²) in [5.74, 6) is 0.